The number of amides is 2. The van der Waals surface area contributed by atoms with Crippen LogP contribution in [0.25, 0.3) is 20.7 Å². The number of hydrogen-bond acceptors (Lipinski definition) is 6. The van der Waals surface area contributed by atoms with E-state index < -0.39 is 11.3 Å². The van der Waals surface area contributed by atoms with E-state index in [9.17, 15) is 9.59 Å². The molecule has 9 heteroatoms. The summed E-state index contributed by atoms with van der Waals surface area (Å²) in [5.74, 6) is -0.290. The van der Waals surface area contributed by atoms with Crippen LogP contribution in [-0.2, 0) is 16.6 Å². The van der Waals surface area contributed by atoms with Crippen molar-refractivity contribution in [1.82, 2.24) is 9.78 Å². The summed E-state index contributed by atoms with van der Waals surface area (Å²) in [5, 5.41) is 15.6. The molecule has 1 N–H and O–H groups in total. The SMILES string of the molecule is C=CC1=CCC2C(=O)N(c3cc(-c4sc5ccc(Cl)cc5c4C)nn3C)C(=O)C2(C)C1c1ccc(OCCO)cc1. The summed E-state index contributed by atoms with van der Waals surface area (Å²) < 4.78 is 8.25. The minimum Gasteiger partial charge on any atom is -0.491 e. The zero-order chi connectivity index (χ0) is 29.1. The van der Waals surface area contributed by atoms with E-state index >= 15 is 0 Å². The van der Waals surface area contributed by atoms with Gasteiger partial charge in [0.15, 0.2) is 0 Å². The first-order valence-electron chi connectivity index (χ1n) is 13.5. The smallest absolute Gasteiger partial charge is 0.242 e. The fraction of sp³-hybridized carbons (Fsp3) is 0.281. The predicted molar refractivity (Wildman–Crippen MR) is 163 cm³/mol. The number of halogens is 1. The number of aliphatic hydroxyl groups is 1. The Kier molecular flexibility index (Phi) is 6.88. The maximum Gasteiger partial charge on any atom is 0.242 e. The molecule has 3 heterocycles. The number of fused-ring (bicyclic) bond motifs is 2. The van der Waals surface area contributed by atoms with Crippen molar-refractivity contribution in [3.05, 3.63) is 89.0 Å². The van der Waals surface area contributed by atoms with Crippen molar-refractivity contribution < 1.29 is 19.4 Å². The highest BCUT2D eigenvalue weighted by atomic mass is 35.5. The Balaban J connectivity index is 1.39. The number of hydrogen-bond donors (Lipinski definition) is 1. The van der Waals surface area contributed by atoms with E-state index in [1.807, 2.05) is 68.5 Å². The number of ether oxygens (including phenoxy) is 1. The predicted octanol–water partition coefficient (Wildman–Crippen LogP) is 6.43. The highest BCUT2D eigenvalue weighted by Crippen LogP contribution is 2.57. The summed E-state index contributed by atoms with van der Waals surface area (Å²) >= 11 is 7.86. The Morgan fingerprint density at radius 2 is 1.98 bits per heavy atom. The highest BCUT2D eigenvalue weighted by Gasteiger charge is 2.62. The lowest BCUT2D eigenvalue weighted by molar-refractivity contribution is -0.127. The number of rotatable bonds is 7. The van der Waals surface area contributed by atoms with Crippen molar-refractivity contribution in [2.45, 2.75) is 26.2 Å². The van der Waals surface area contributed by atoms with Gasteiger partial charge in [-0.15, -0.1) is 11.3 Å². The van der Waals surface area contributed by atoms with Gasteiger partial charge in [0.1, 0.15) is 23.9 Å². The molecular formula is C32H30ClN3O4S. The second-order valence-electron chi connectivity index (χ2n) is 10.7. The first-order chi connectivity index (χ1) is 19.7. The molecule has 0 bridgehead atoms. The molecule has 0 radical (unpaired) electrons. The van der Waals surface area contributed by atoms with E-state index in [4.69, 9.17) is 26.5 Å². The van der Waals surface area contributed by atoms with Crippen molar-refractivity contribution in [3.63, 3.8) is 0 Å². The molecule has 2 aromatic heterocycles. The Hall–Kier alpha value is -3.72. The van der Waals surface area contributed by atoms with E-state index in [1.54, 1.807) is 29.1 Å². The van der Waals surface area contributed by atoms with Crippen LogP contribution in [0, 0.1) is 18.3 Å². The van der Waals surface area contributed by atoms with E-state index in [2.05, 4.69) is 6.58 Å². The molecule has 1 fully saturated rings. The molecule has 1 aliphatic heterocycles. The second-order valence-corrected chi connectivity index (χ2v) is 12.2. The molecule has 4 aromatic rings. The van der Waals surface area contributed by atoms with Gasteiger partial charge in [-0.1, -0.05) is 42.5 Å². The Labute approximate surface area is 247 Å². The molecule has 2 aliphatic rings. The molecule has 0 saturated carbocycles. The Morgan fingerprint density at radius 1 is 1.22 bits per heavy atom. The first-order valence-corrected chi connectivity index (χ1v) is 14.7. The standard InChI is InChI=1S/C32H30ClN3O4S/c1-5-19-8-12-24-30(38)36(31(39)32(24,3)28(19)20-6-10-22(11-7-20)40-15-14-37)27-17-25(34-35(27)4)29-18(2)23-16-21(33)9-13-26(23)41-29/h5-11,13,16-17,24,28,37H,1,12,14-15H2,2-4H3. The highest BCUT2D eigenvalue weighted by molar-refractivity contribution is 7.22. The maximum absolute atomic E-state index is 14.4. The minimum absolute atomic E-state index is 0.0769. The summed E-state index contributed by atoms with van der Waals surface area (Å²) in [6, 6.07) is 15.1. The molecule has 1 saturated heterocycles. The van der Waals surface area contributed by atoms with Crippen molar-refractivity contribution in [2.75, 3.05) is 18.1 Å². The zero-order valence-corrected chi connectivity index (χ0v) is 24.6. The number of nitrogens with zero attached hydrogens (tertiary/aromatic N) is 3. The van der Waals surface area contributed by atoms with Gasteiger partial charge in [-0.2, -0.15) is 5.10 Å². The fourth-order valence-electron chi connectivity index (χ4n) is 6.38. The summed E-state index contributed by atoms with van der Waals surface area (Å²) in [4.78, 5) is 30.7. The third-order valence-corrected chi connectivity index (χ3v) is 9.98. The van der Waals surface area contributed by atoms with Crippen LogP contribution in [0.4, 0.5) is 5.82 Å². The minimum atomic E-state index is -1.02. The van der Waals surface area contributed by atoms with Crippen molar-refractivity contribution in [3.8, 4) is 16.3 Å². The van der Waals surface area contributed by atoms with Gasteiger partial charge >= 0.3 is 0 Å². The average Bonchev–Trinajstić information content (AvgIpc) is 3.56. The van der Waals surface area contributed by atoms with Gasteiger partial charge in [-0.25, -0.2) is 4.90 Å². The van der Waals surface area contributed by atoms with Crippen LogP contribution in [-0.4, -0.2) is 39.9 Å². The number of aliphatic hydroxyl groups excluding tert-OH is 1. The van der Waals surface area contributed by atoms with Gasteiger partial charge < -0.3 is 9.84 Å². The van der Waals surface area contributed by atoms with E-state index in [1.165, 1.54) is 4.90 Å². The van der Waals surface area contributed by atoms with Crippen LogP contribution < -0.4 is 9.64 Å². The number of benzene rings is 2. The van der Waals surface area contributed by atoms with Crippen LogP contribution >= 0.6 is 22.9 Å². The number of carbonyl (C=O) groups is 2. The molecule has 0 spiro atoms. The summed E-state index contributed by atoms with van der Waals surface area (Å²) in [7, 11) is 1.76. The van der Waals surface area contributed by atoms with Crippen LogP contribution in [0.15, 0.2) is 72.8 Å². The van der Waals surface area contributed by atoms with Gasteiger partial charge in [0, 0.05) is 28.8 Å². The molecule has 3 unspecified atom stereocenters. The lowest BCUT2D eigenvalue weighted by Gasteiger charge is -2.40. The normalized spacial score (nSPS) is 22.3. The first kappa shape index (κ1) is 27.4. The van der Waals surface area contributed by atoms with E-state index in [0.717, 1.165) is 31.7 Å². The van der Waals surface area contributed by atoms with Gasteiger partial charge in [0.25, 0.3) is 0 Å². The third kappa shape index (κ3) is 4.24. The second kappa shape index (κ2) is 10.3. The largest absolute Gasteiger partial charge is 0.491 e. The lowest BCUT2D eigenvalue weighted by atomic mass is 9.60. The summed E-state index contributed by atoms with van der Waals surface area (Å²) in [6.45, 7) is 8.07. The van der Waals surface area contributed by atoms with Crippen LogP contribution in [0.1, 0.15) is 30.4 Å². The van der Waals surface area contributed by atoms with Crippen molar-refractivity contribution >= 4 is 50.7 Å². The van der Waals surface area contributed by atoms with Crippen LogP contribution in [0.5, 0.6) is 5.75 Å². The van der Waals surface area contributed by atoms with Crippen molar-refractivity contribution in [1.29, 1.82) is 0 Å². The van der Waals surface area contributed by atoms with Gasteiger partial charge in [0.2, 0.25) is 11.8 Å². The zero-order valence-electron chi connectivity index (χ0n) is 23.1. The number of aromatic nitrogens is 2. The Bertz CT molecular complexity index is 1740. The lowest BCUT2D eigenvalue weighted by Crippen LogP contribution is -2.41. The number of anilines is 1. The van der Waals surface area contributed by atoms with Crippen LogP contribution in [0.2, 0.25) is 5.02 Å². The molecule has 2 aromatic carbocycles. The summed E-state index contributed by atoms with van der Waals surface area (Å²) in [5.41, 5.74) is 2.56. The Morgan fingerprint density at radius 3 is 2.68 bits per heavy atom. The molecule has 7 nitrogen and oxygen atoms in total. The molecule has 41 heavy (non-hydrogen) atoms. The molecule has 2 amide bonds. The van der Waals surface area contributed by atoms with E-state index in [-0.39, 0.29) is 30.9 Å². The number of thiophene rings is 1. The molecule has 210 valence electrons. The molecule has 1 aliphatic carbocycles. The number of aryl methyl sites for hydroxylation is 2. The molecule has 6 rings (SSSR count). The van der Waals surface area contributed by atoms with Gasteiger partial charge in [-0.3, -0.25) is 14.3 Å². The monoisotopic (exact) mass is 587 g/mol. The number of allylic oxidation sites excluding steroid dienone is 3. The van der Waals surface area contributed by atoms with Crippen molar-refractivity contribution in [2.24, 2.45) is 18.4 Å². The molecular weight excluding hydrogens is 558 g/mol. The van der Waals surface area contributed by atoms with Gasteiger partial charge in [0.05, 0.1) is 22.8 Å². The topological polar surface area (TPSA) is 84.7 Å². The molecule has 3 atom stereocenters. The quantitative estimate of drug-likeness (QED) is 0.252. The number of carbonyl (C=O) groups excluding carboxylic acids is 2. The summed E-state index contributed by atoms with van der Waals surface area (Å²) in [6.07, 6.45) is 4.25. The van der Waals surface area contributed by atoms with Gasteiger partial charge in [-0.05, 0) is 72.7 Å². The van der Waals surface area contributed by atoms with E-state index in [0.29, 0.717) is 28.7 Å². The maximum atomic E-state index is 14.4. The van der Waals surface area contributed by atoms with Crippen LogP contribution in [0.3, 0.4) is 0 Å². The average molecular weight is 588 g/mol. The fourth-order valence-corrected chi connectivity index (χ4v) is 7.70. The third-order valence-electron chi connectivity index (χ3n) is 8.45. The number of imide groups is 1.